The Balaban J connectivity index is 2.16. The number of aromatic carboxylic acids is 1. The van der Waals surface area contributed by atoms with Crippen molar-refractivity contribution in [3.05, 3.63) is 77.9 Å². The molecule has 0 saturated heterocycles. The van der Waals surface area contributed by atoms with E-state index in [0.29, 0.717) is 16.9 Å². The maximum atomic E-state index is 13.8. The molecule has 0 saturated carbocycles. The van der Waals surface area contributed by atoms with Gasteiger partial charge < -0.3 is 5.11 Å². The van der Waals surface area contributed by atoms with Gasteiger partial charge in [-0.3, -0.25) is 0 Å². The summed E-state index contributed by atoms with van der Waals surface area (Å²) in [6, 6.07) is 13.3. The minimum atomic E-state index is -1.16. The van der Waals surface area contributed by atoms with E-state index in [9.17, 15) is 14.3 Å². The van der Waals surface area contributed by atoms with Gasteiger partial charge in [-0.2, -0.15) is 5.10 Å². The van der Waals surface area contributed by atoms with Gasteiger partial charge in [-0.1, -0.05) is 29.8 Å². The number of halogens is 1. The monoisotopic (exact) mass is 347 g/mol. The largest absolute Gasteiger partial charge is 0.478 e. The van der Waals surface area contributed by atoms with Crippen LogP contribution in [-0.4, -0.2) is 25.8 Å². The zero-order chi connectivity index (χ0) is 18.3. The Morgan fingerprint density at radius 3 is 2.58 bits per heavy atom. The van der Waals surface area contributed by atoms with Gasteiger partial charge in [0.1, 0.15) is 11.5 Å². The molecule has 2 aromatic heterocycles. The van der Waals surface area contributed by atoms with Crippen LogP contribution in [0.15, 0.2) is 60.9 Å². The summed E-state index contributed by atoms with van der Waals surface area (Å²) >= 11 is 0. The second-order valence-corrected chi connectivity index (χ2v) is 5.97. The van der Waals surface area contributed by atoms with Gasteiger partial charge in [-0.15, -0.1) is 0 Å². The number of aromatic nitrogens is 3. The van der Waals surface area contributed by atoms with Crippen LogP contribution in [0.3, 0.4) is 0 Å². The number of fused-ring (bicyclic) bond motifs is 1. The lowest BCUT2D eigenvalue weighted by Gasteiger charge is -2.15. The smallest absolute Gasteiger partial charge is 0.338 e. The van der Waals surface area contributed by atoms with E-state index in [4.69, 9.17) is 0 Å². The molecule has 0 aliphatic rings. The van der Waals surface area contributed by atoms with Crippen LogP contribution >= 0.6 is 0 Å². The third-order valence-electron chi connectivity index (χ3n) is 4.19. The topological polar surface area (TPSA) is 68.0 Å². The fourth-order valence-corrected chi connectivity index (χ4v) is 2.98. The summed E-state index contributed by atoms with van der Waals surface area (Å²) in [5, 5.41) is 14.3. The molecule has 1 N–H and O–H groups in total. The van der Waals surface area contributed by atoms with E-state index < -0.39 is 11.8 Å². The van der Waals surface area contributed by atoms with Crippen molar-refractivity contribution in [1.82, 2.24) is 14.8 Å². The van der Waals surface area contributed by atoms with Crippen LogP contribution in [0.25, 0.3) is 27.8 Å². The lowest BCUT2D eigenvalue weighted by atomic mass is 10.0. The molecule has 26 heavy (non-hydrogen) atoms. The molecule has 128 valence electrons. The molecule has 4 aromatic rings. The third-order valence-corrected chi connectivity index (χ3v) is 4.19. The summed E-state index contributed by atoms with van der Waals surface area (Å²) in [7, 11) is 0. The average molecular weight is 347 g/mol. The van der Waals surface area contributed by atoms with E-state index in [1.807, 2.05) is 31.2 Å². The standard InChI is InChI=1S/C20H14FN3O2/c1-12-3-5-13(6-4-12)18-19(24-10-2-9-22-24)17(20(25)26)15-11-14(21)7-8-16(15)23-18/h2-11H,1H3,(H,25,26). The maximum absolute atomic E-state index is 13.8. The molecule has 0 fully saturated rings. The first kappa shape index (κ1) is 16.0. The molecule has 2 heterocycles. The van der Waals surface area contributed by atoms with E-state index >= 15 is 0 Å². The van der Waals surface area contributed by atoms with Crippen molar-refractivity contribution in [3.63, 3.8) is 0 Å². The Hall–Kier alpha value is -3.54. The Kier molecular flexibility index (Phi) is 3.73. The van der Waals surface area contributed by atoms with Gasteiger partial charge >= 0.3 is 5.97 Å². The molecule has 0 spiro atoms. The van der Waals surface area contributed by atoms with Crippen molar-refractivity contribution in [2.75, 3.05) is 0 Å². The number of pyridine rings is 1. The van der Waals surface area contributed by atoms with Crippen molar-refractivity contribution in [2.24, 2.45) is 0 Å². The van der Waals surface area contributed by atoms with Gasteiger partial charge in [0, 0.05) is 23.3 Å². The number of hydrogen-bond acceptors (Lipinski definition) is 3. The highest BCUT2D eigenvalue weighted by atomic mass is 19.1. The van der Waals surface area contributed by atoms with E-state index in [2.05, 4.69) is 10.1 Å². The lowest BCUT2D eigenvalue weighted by molar-refractivity contribution is 0.0699. The van der Waals surface area contributed by atoms with Gasteiger partial charge in [0.05, 0.1) is 16.8 Å². The minimum Gasteiger partial charge on any atom is -0.478 e. The second kappa shape index (κ2) is 6.07. The molecule has 6 heteroatoms. The third kappa shape index (κ3) is 2.61. The summed E-state index contributed by atoms with van der Waals surface area (Å²) in [5.41, 5.74) is 3.00. The summed E-state index contributed by atoms with van der Waals surface area (Å²) in [5.74, 6) is -1.68. The summed E-state index contributed by atoms with van der Waals surface area (Å²) in [4.78, 5) is 16.7. The average Bonchev–Trinajstić information content (AvgIpc) is 3.15. The molecule has 5 nitrogen and oxygen atoms in total. The number of nitrogens with zero attached hydrogens (tertiary/aromatic N) is 3. The first-order valence-electron chi connectivity index (χ1n) is 7.98. The molecular formula is C20H14FN3O2. The number of rotatable bonds is 3. The molecule has 0 aliphatic heterocycles. The van der Waals surface area contributed by atoms with E-state index in [0.717, 1.165) is 11.1 Å². The number of carboxylic acids is 1. The summed E-state index contributed by atoms with van der Waals surface area (Å²) < 4.78 is 15.2. The highest BCUT2D eigenvalue weighted by Gasteiger charge is 2.23. The normalized spacial score (nSPS) is 11.0. The van der Waals surface area contributed by atoms with Crippen molar-refractivity contribution < 1.29 is 14.3 Å². The molecule has 0 radical (unpaired) electrons. The van der Waals surface area contributed by atoms with Crippen LogP contribution in [0.2, 0.25) is 0 Å². The maximum Gasteiger partial charge on any atom is 0.338 e. The Labute approximate surface area is 148 Å². The molecule has 0 unspecified atom stereocenters. The molecule has 2 aromatic carbocycles. The lowest BCUT2D eigenvalue weighted by Crippen LogP contribution is -2.10. The van der Waals surface area contributed by atoms with Gasteiger partial charge in [0.2, 0.25) is 0 Å². The fourth-order valence-electron chi connectivity index (χ4n) is 2.98. The summed E-state index contributed by atoms with van der Waals surface area (Å²) in [6.07, 6.45) is 3.20. The quantitative estimate of drug-likeness (QED) is 0.602. The van der Waals surface area contributed by atoms with Crippen LogP contribution in [0.1, 0.15) is 15.9 Å². The van der Waals surface area contributed by atoms with Gasteiger partial charge in [-0.05, 0) is 31.2 Å². The Bertz CT molecular complexity index is 1120. The predicted octanol–water partition coefficient (Wildman–Crippen LogP) is 4.23. The Morgan fingerprint density at radius 1 is 1.15 bits per heavy atom. The van der Waals surface area contributed by atoms with E-state index in [1.165, 1.54) is 22.9 Å². The molecular weight excluding hydrogens is 333 g/mol. The van der Waals surface area contributed by atoms with Crippen LogP contribution in [0.5, 0.6) is 0 Å². The van der Waals surface area contributed by atoms with E-state index in [1.54, 1.807) is 18.5 Å². The highest BCUT2D eigenvalue weighted by Crippen LogP contribution is 2.33. The van der Waals surface area contributed by atoms with Gasteiger partial charge in [0.15, 0.2) is 0 Å². The Morgan fingerprint density at radius 2 is 1.92 bits per heavy atom. The van der Waals surface area contributed by atoms with Gasteiger partial charge in [-0.25, -0.2) is 18.9 Å². The highest BCUT2D eigenvalue weighted by molar-refractivity contribution is 6.08. The SMILES string of the molecule is Cc1ccc(-c2nc3ccc(F)cc3c(C(=O)O)c2-n2cccn2)cc1. The van der Waals surface area contributed by atoms with Gasteiger partial charge in [0.25, 0.3) is 0 Å². The van der Waals surface area contributed by atoms with Crippen molar-refractivity contribution in [1.29, 1.82) is 0 Å². The van der Waals surface area contributed by atoms with Crippen LogP contribution < -0.4 is 0 Å². The molecule has 4 rings (SSSR count). The first-order valence-corrected chi connectivity index (χ1v) is 7.98. The number of benzene rings is 2. The number of carboxylic acid groups (broad SMARTS) is 1. The number of carbonyl (C=O) groups is 1. The van der Waals surface area contributed by atoms with Crippen molar-refractivity contribution in [2.45, 2.75) is 6.92 Å². The fraction of sp³-hybridized carbons (Fsp3) is 0.0500. The van der Waals surface area contributed by atoms with Crippen LogP contribution in [0.4, 0.5) is 4.39 Å². The molecule has 0 aliphatic carbocycles. The van der Waals surface area contributed by atoms with E-state index in [-0.39, 0.29) is 10.9 Å². The molecule has 0 atom stereocenters. The van der Waals surface area contributed by atoms with Crippen molar-refractivity contribution >= 4 is 16.9 Å². The zero-order valence-corrected chi connectivity index (χ0v) is 13.8. The first-order chi connectivity index (χ1) is 12.5. The zero-order valence-electron chi connectivity index (χ0n) is 13.8. The number of hydrogen-bond donors (Lipinski definition) is 1. The second-order valence-electron chi connectivity index (χ2n) is 5.97. The summed E-state index contributed by atoms with van der Waals surface area (Å²) in [6.45, 7) is 1.97. The molecule has 0 amide bonds. The van der Waals surface area contributed by atoms with Crippen LogP contribution in [-0.2, 0) is 0 Å². The predicted molar refractivity (Wildman–Crippen MR) is 96.0 cm³/mol. The molecule has 0 bridgehead atoms. The number of aryl methyl sites for hydroxylation is 1. The minimum absolute atomic E-state index is 0.0335. The van der Waals surface area contributed by atoms with Crippen LogP contribution in [0, 0.1) is 12.7 Å². The van der Waals surface area contributed by atoms with Crippen molar-refractivity contribution in [3.8, 4) is 16.9 Å².